The Bertz CT molecular complexity index is 747. The lowest BCUT2D eigenvalue weighted by molar-refractivity contribution is -0.125. The van der Waals surface area contributed by atoms with Crippen LogP contribution < -0.4 is 5.32 Å². The van der Waals surface area contributed by atoms with Gasteiger partial charge in [-0.1, -0.05) is 24.3 Å². The van der Waals surface area contributed by atoms with Crippen LogP contribution in [0.5, 0.6) is 0 Å². The summed E-state index contributed by atoms with van der Waals surface area (Å²) in [5.41, 5.74) is 3.38. The van der Waals surface area contributed by atoms with Crippen LogP contribution in [0.3, 0.4) is 0 Å². The van der Waals surface area contributed by atoms with Gasteiger partial charge in [0.15, 0.2) is 0 Å². The molecule has 120 valence electrons. The highest BCUT2D eigenvalue weighted by Crippen LogP contribution is 2.28. The molecule has 5 heteroatoms. The molecule has 0 spiro atoms. The zero-order valence-electron chi connectivity index (χ0n) is 13.6. The zero-order valence-corrected chi connectivity index (χ0v) is 14.4. The van der Waals surface area contributed by atoms with Crippen molar-refractivity contribution >= 4 is 23.2 Å². The fraction of sp³-hybridized carbons (Fsp3) is 0.333. The molecule has 1 aliphatic heterocycles. The van der Waals surface area contributed by atoms with Gasteiger partial charge in [-0.05, 0) is 36.6 Å². The number of likely N-dealkylation sites (N-methyl/N-ethyl adjacent to an activating group) is 1. The summed E-state index contributed by atoms with van der Waals surface area (Å²) in [5, 5.41) is 2.69. The number of carbonyl (C=O) groups is 2. The van der Waals surface area contributed by atoms with E-state index in [2.05, 4.69) is 5.32 Å². The Morgan fingerprint density at radius 3 is 2.52 bits per heavy atom. The van der Waals surface area contributed by atoms with Crippen molar-refractivity contribution in [3.8, 4) is 0 Å². The molecule has 0 aliphatic carbocycles. The second-order valence-corrected chi connectivity index (χ2v) is 7.14. The topological polar surface area (TPSA) is 49.4 Å². The van der Waals surface area contributed by atoms with Crippen LogP contribution in [0.25, 0.3) is 0 Å². The number of nitrogens with zero attached hydrogens (tertiary/aromatic N) is 1. The lowest BCUT2D eigenvalue weighted by Crippen LogP contribution is -2.51. The smallest absolute Gasteiger partial charge is 0.264 e. The van der Waals surface area contributed by atoms with Crippen molar-refractivity contribution in [3.63, 3.8) is 0 Å². The van der Waals surface area contributed by atoms with E-state index >= 15 is 0 Å². The molecular formula is C18H20N2O2S. The van der Waals surface area contributed by atoms with Crippen LogP contribution in [-0.2, 0) is 17.8 Å². The first-order chi connectivity index (χ1) is 11.0. The van der Waals surface area contributed by atoms with E-state index in [4.69, 9.17) is 0 Å². The fourth-order valence-corrected chi connectivity index (χ4v) is 3.95. The summed E-state index contributed by atoms with van der Waals surface area (Å²) < 4.78 is 0. The molecule has 0 unspecified atom stereocenters. The molecule has 0 bridgehead atoms. The molecule has 2 aromatic rings. The quantitative estimate of drug-likeness (QED) is 0.921. The molecule has 2 heterocycles. The van der Waals surface area contributed by atoms with Gasteiger partial charge in [0, 0.05) is 24.9 Å². The van der Waals surface area contributed by atoms with E-state index in [9.17, 15) is 9.59 Å². The molecule has 1 atom stereocenters. The Hall–Kier alpha value is -2.14. The number of hydrogen-bond donors (Lipinski definition) is 1. The van der Waals surface area contributed by atoms with Crippen LogP contribution >= 0.6 is 11.3 Å². The normalized spacial score (nSPS) is 16.8. The number of rotatable bonds is 2. The van der Waals surface area contributed by atoms with Crippen LogP contribution in [0, 0.1) is 13.8 Å². The highest BCUT2D eigenvalue weighted by molar-refractivity contribution is 7.14. The molecule has 0 radical (unpaired) electrons. The molecule has 1 N–H and O–H groups in total. The minimum atomic E-state index is -0.454. The van der Waals surface area contributed by atoms with Gasteiger partial charge in [0.25, 0.3) is 5.91 Å². The summed E-state index contributed by atoms with van der Waals surface area (Å²) in [6.07, 6.45) is 0.560. The van der Waals surface area contributed by atoms with Crippen LogP contribution in [-0.4, -0.2) is 29.8 Å². The molecule has 2 amide bonds. The fourth-order valence-electron chi connectivity index (χ4n) is 2.96. The van der Waals surface area contributed by atoms with E-state index < -0.39 is 6.04 Å². The average molecular weight is 328 g/mol. The van der Waals surface area contributed by atoms with Gasteiger partial charge >= 0.3 is 0 Å². The summed E-state index contributed by atoms with van der Waals surface area (Å²) >= 11 is 1.50. The predicted molar refractivity (Wildman–Crippen MR) is 91.7 cm³/mol. The van der Waals surface area contributed by atoms with Crippen LogP contribution in [0.4, 0.5) is 0 Å². The summed E-state index contributed by atoms with van der Waals surface area (Å²) in [6.45, 7) is 4.49. The lowest BCUT2D eigenvalue weighted by atomic mass is 9.93. The van der Waals surface area contributed by atoms with Crippen LogP contribution in [0.15, 0.2) is 30.3 Å². The third-order valence-electron chi connectivity index (χ3n) is 4.44. The maximum atomic E-state index is 13.0. The Morgan fingerprint density at radius 2 is 1.91 bits per heavy atom. The third kappa shape index (κ3) is 2.88. The highest BCUT2D eigenvalue weighted by atomic mass is 32.1. The Kier molecular flexibility index (Phi) is 4.22. The van der Waals surface area contributed by atoms with Crippen molar-refractivity contribution in [1.29, 1.82) is 0 Å². The molecule has 1 aromatic carbocycles. The van der Waals surface area contributed by atoms with Crippen molar-refractivity contribution in [3.05, 3.63) is 56.8 Å². The van der Waals surface area contributed by atoms with Gasteiger partial charge in [-0.2, -0.15) is 0 Å². The maximum Gasteiger partial charge on any atom is 0.264 e. The Balaban J connectivity index is 1.97. The SMILES string of the molecule is CNC(=O)[C@@H]1Cc2ccccc2CN1C(=O)c1cc(C)c(C)s1. The summed E-state index contributed by atoms with van der Waals surface area (Å²) in [7, 11) is 1.62. The van der Waals surface area contributed by atoms with Crippen molar-refractivity contribution in [2.24, 2.45) is 0 Å². The summed E-state index contributed by atoms with van der Waals surface area (Å²) in [6, 6.07) is 9.48. The molecule has 23 heavy (non-hydrogen) atoms. The first kappa shape index (κ1) is 15.7. The molecule has 0 saturated heterocycles. The second-order valence-electron chi connectivity index (χ2n) is 5.89. The van der Waals surface area contributed by atoms with Crippen LogP contribution in [0.1, 0.15) is 31.2 Å². The van der Waals surface area contributed by atoms with Crippen molar-refractivity contribution in [2.45, 2.75) is 32.9 Å². The Morgan fingerprint density at radius 1 is 1.22 bits per heavy atom. The molecule has 1 aromatic heterocycles. The first-order valence-corrected chi connectivity index (χ1v) is 8.49. The van der Waals surface area contributed by atoms with E-state index in [1.165, 1.54) is 11.3 Å². The molecular weight excluding hydrogens is 308 g/mol. The molecule has 4 nitrogen and oxygen atoms in total. The number of thiophene rings is 1. The van der Waals surface area contributed by atoms with Gasteiger partial charge in [-0.15, -0.1) is 11.3 Å². The number of amides is 2. The summed E-state index contributed by atoms with van der Waals surface area (Å²) in [4.78, 5) is 28.8. The molecule has 0 fully saturated rings. The standard InChI is InChI=1S/C18H20N2O2S/c1-11-8-16(23-12(11)2)18(22)20-10-14-7-5-4-6-13(14)9-15(20)17(21)19-3/h4-8,15H,9-10H2,1-3H3,(H,19,21)/t15-/m0/s1. The van der Waals surface area contributed by atoms with Crippen molar-refractivity contribution in [1.82, 2.24) is 10.2 Å². The molecule has 0 saturated carbocycles. The van der Waals surface area contributed by atoms with Gasteiger partial charge in [-0.25, -0.2) is 0 Å². The van der Waals surface area contributed by atoms with Gasteiger partial charge in [0.05, 0.1) is 4.88 Å². The maximum absolute atomic E-state index is 13.0. The molecule has 3 rings (SSSR count). The number of fused-ring (bicyclic) bond motifs is 1. The van der Waals surface area contributed by atoms with Crippen molar-refractivity contribution in [2.75, 3.05) is 7.05 Å². The lowest BCUT2D eigenvalue weighted by Gasteiger charge is -2.35. The van der Waals surface area contributed by atoms with E-state index in [0.717, 1.165) is 21.6 Å². The van der Waals surface area contributed by atoms with Gasteiger partial charge in [-0.3, -0.25) is 9.59 Å². The van der Waals surface area contributed by atoms with E-state index in [0.29, 0.717) is 17.8 Å². The highest BCUT2D eigenvalue weighted by Gasteiger charge is 2.35. The number of carbonyl (C=O) groups excluding carboxylic acids is 2. The number of nitrogens with one attached hydrogen (secondary N) is 1. The van der Waals surface area contributed by atoms with Gasteiger partial charge < -0.3 is 10.2 Å². The van der Waals surface area contributed by atoms with Gasteiger partial charge in [0.1, 0.15) is 6.04 Å². The first-order valence-electron chi connectivity index (χ1n) is 7.67. The van der Waals surface area contributed by atoms with E-state index in [1.54, 1.807) is 11.9 Å². The van der Waals surface area contributed by atoms with Crippen LogP contribution in [0.2, 0.25) is 0 Å². The predicted octanol–water partition coefficient (Wildman–Crippen LogP) is 2.68. The molecule has 1 aliphatic rings. The minimum Gasteiger partial charge on any atom is -0.357 e. The Labute approximate surface area is 140 Å². The minimum absolute atomic E-state index is 0.0608. The largest absolute Gasteiger partial charge is 0.357 e. The van der Waals surface area contributed by atoms with E-state index in [-0.39, 0.29) is 11.8 Å². The number of aryl methyl sites for hydroxylation is 2. The second kappa shape index (κ2) is 6.16. The summed E-state index contributed by atoms with van der Waals surface area (Å²) in [5.74, 6) is -0.174. The average Bonchev–Trinajstić information content (AvgIpc) is 2.91. The van der Waals surface area contributed by atoms with Crippen molar-refractivity contribution < 1.29 is 9.59 Å². The number of hydrogen-bond acceptors (Lipinski definition) is 3. The third-order valence-corrected chi connectivity index (χ3v) is 5.58. The zero-order chi connectivity index (χ0) is 16.6. The monoisotopic (exact) mass is 328 g/mol. The van der Waals surface area contributed by atoms with Gasteiger partial charge in [0.2, 0.25) is 5.91 Å². The number of benzene rings is 1. The van der Waals surface area contributed by atoms with E-state index in [1.807, 2.05) is 44.2 Å².